The van der Waals surface area contributed by atoms with Gasteiger partial charge in [-0.05, 0) is 37.6 Å². The third kappa shape index (κ3) is 9.74. The molecule has 1 heterocycles. The number of nitro benzene ring substituents is 1. The minimum atomic E-state index is -3.66. The van der Waals surface area contributed by atoms with Crippen LogP contribution in [0.3, 0.4) is 0 Å². The molecule has 0 N–H and O–H groups in total. The molecule has 0 atom stereocenters. The van der Waals surface area contributed by atoms with Gasteiger partial charge in [0.05, 0.1) is 19.1 Å². The zero-order chi connectivity index (χ0) is 24.1. The van der Waals surface area contributed by atoms with Crippen LogP contribution >= 0.6 is 0 Å². The Morgan fingerprint density at radius 1 is 0.970 bits per heavy atom. The molecule has 2 aromatic rings. The van der Waals surface area contributed by atoms with Gasteiger partial charge in [0.1, 0.15) is 19.0 Å². The summed E-state index contributed by atoms with van der Waals surface area (Å²) in [5.41, 5.74) is 1.01. The van der Waals surface area contributed by atoms with E-state index in [-0.39, 0.29) is 11.4 Å². The summed E-state index contributed by atoms with van der Waals surface area (Å²) in [4.78, 5) is 13.2. The highest BCUT2D eigenvalue weighted by molar-refractivity contribution is 7.81. The predicted octanol–water partition coefficient (Wildman–Crippen LogP) is 3.56. The Kier molecular flexibility index (Phi) is 11.0. The number of benzene rings is 2. The fourth-order valence-corrected chi connectivity index (χ4v) is 3.26. The average Bonchev–Trinajstić information content (AvgIpc) is 2.84. The molecule has 0 radical (unpaired) electrons. The largest absolute Gasteiger partial charge is 0.489 e. The highest BCUT2D eigenvalue weighted by atomic mass is 32.3. The molecule has 3 rings (SSSR count). The number of rotatable bonds is 10. The van der Waals surface area contributed by atoms with Gasteiger partial charge in [-0.3, -0.25) is 23.4 Å². The number of hydrogen-bond acceptors (Lipinski definition) is 9. The van der Waals surface area contributed by atoms with E-state index in [1.165, 1.54) is 25.3 Å². The van der Waals surface area contributed by atoms with E-state index in [0.717, 1.165) is 39.4 Å². The van der Waals surface area contributed by atoms with Crippen LogP contribution in [0.5, 0.6) is 11.5 Å². The molecule has 1 aliphatic rings. The Hall–Kier alpha value is -2.73. The molecule has 0 aliphatic carbocycles. The van der Waals surface area contributed by atoms with Crippen LogP contribution in [0.25, 0.3) is 0 Å². The molecule has 1 aliphatic heterocycles. The Bertz CT molecular complexity index is 954. The highest BCUT2D eigenvalue weighted by Gasteiger charge is 2.17. The average molecular weight is 483 g/mol. The lowest BCUT2D eigenvalue weighted by atomic mass is 10.1. The zero-order valence-corrected chi connectivity index (χ0v) is 19.7. The molecule has 0 unspecified atom stereocenters. The second-order valence-corrected chi connectivity index (χ2v) is 8.64. The molecule has 2 aromatic carbocycles. The van der Waals surface area contributed by atoms with Crippen LogP contribution in [0.4, 0.5) is 5.69 Å². The van der Waals surface area contributed by atoms with Crippen molar-refractivity contribution < 1.29 is 31.2 Å². The van der Waals surface area contributed by atoms with Crippen molar-refractivity contribution in [2.24, 2.45) is 0 Å². The van der Waals surface area contributed by atoms with E-state index in [9.17, 15) is 18.5 Å². The molecule has 182 valence electrons. The Balaban J connectivity index is 0.000000479. The normalized spacial score (nSPS) is 14.1. The first-order valence-electron chi connectivity index (χ1n) is 10.5. The smallest absolute Gasteiger partial charge is 0.399 e. The van der Waals surface area contributed by atoms with Gasteiger partial charge >= 0.3 is 16.1 Å². The lowest BCUT2D eigenvalue weighted by Crippen LogP contribution is -2.33. The number of nitrogens with zero attached hydrogens (tertiary/aromatic N) is 2. The standard InChI is InChI=1S/C20H24N2O4.C2H6O4S/c23-22(24)19-10-9-18(26-16-17-7-3-1-4-8-17)15-20(19)25-14-13-21-11-5-2-6-12-21;1-5-7(3,4)6-2/h1,3-4,7-10,15H,2,5-6,11-14,16H2;1-2H3. The van der Waals surface area contributed by atoms with Crippen LogP contribution in [0.1, 0.15) is 24.8 Å². The molecular weight excluding hydrogens is 452 g/mol. The summed E-state index contributed by atoms with van der Waals surface area (Å²) in [6.45, 7) is 3.78. The van der Waals surface area contributed by atoms with Crippen molar-refractivity contribution in [3.05, 3.63) is 64.2 Å². The number of piperidine rings is 1. The van der Waals surface area contributed by atoms with Crippen LogP contribution < -0.4 is 9.47 Å². The summed E-state index contributed by atoms with van der Waals surface area (Å²) >= 11 is 0. The molecule has 0 saturated carbocycles. The summed E-state index contributed by atoms with van der Waals surface area (Å²) in [5, 5.41) is 11.3. The monoisotopic (exact) mass is 482 g/mol. The third-order valence-corrected chi connectivity index (χ3v) is 5.71. The molecule has 10 nitrogen and oxygen atoms in total. The number of likely N-dealkylation sites (tertiary alicyclic amines) is 1. The van der Waals surface area contributed by atoms with Crippen LogP contribution in [0, 0.1) is 10.1 Å². The highest BCUT2D eigenvalue weighted by Crippen LogP contribution is 2.31. The summed E-state index contributed by atoms with van der Waals surface area (Å²) in [7, 11) is -1.60. The molecular formula is C22H30N2O8S. The minimum absolute atomic E-state index is 0.0318. The van der Waals surface area contributed by atoms with Gasteiger partial charge < -0.3 is 9.47 Å². The van der Waals surface area contributed by atoms with E-state index in [2.05, 4.69) is 13.3 Å². The summed E-state index contributed by atoms with van der Waals surface area (Å²) in [6, 6.07) is 14.5. The fraction of sp³-hybridized carbons (Fsp3) is 0.455. The van der Waals surface area contributed by atoms with Gasteiger partial charge in [-0.1, -0.05) is 36.8 Å². The molecule has 33 heavy (non-hydrogen) atoms. The van der Waals surface area contributed by atoms with E-state index < -0.39 is 15.3 Å². The number of nitro groups is 1. The second kappa shape index (κ2) is 13.7. The Morgan fingerprint density at radius 2 is 1.64 bits per heavy atom. The van der Waals surface area contributed by atoms with Gasteiger partial charge in [0, 0.05) is 18.7 Å². The van der Waals surface area contributed by atoms with Crippen LogP contribution in [-0.4, -0.2) is 58.7 Å². The lowest BCUT2D eigenvalue weighted by Gasteiger charge is -2.26. The first-order chi connectivity index (χ1) is 15.8. The third-order valence-electron chi connectivity index (χ3n) is 4.90. The van der Waals surface area contributed by atoms with Crippen molar-refractivity contribution >= 4 is 16.1 Å². The van der Waals surface area contributed by atoms with Crippen molar-refractivity contribution in [1.29, 1.82) is 0 Å². The van der Waals surface area contributed by atoms with Gasteiger partial charge in [-0.15, -0.1) is 0 Å². The fourth-order valence-electron chi connectivity index (χ4n) is 3.13. The molecule has 1 saturated heterocycles. The predicted molar refractivity (Wildman–Crippen MR) is 123 cm³/mol. The van der Waals surface area contributed by atoms with Gasteiger partial charge in [0.2, 0.25) is 5.75 Å². The SMILES string of the molecule is COS(=O)(=O)OC.O=[N+]([O-])c1ccc(OCc2ccccc2)cc1OCCN1CCCCC1. The van der Waals surface area contributed by atoms with Crippen molar-refractivity contribution in [2.45, 2.75) is 25.9 Å². The quantitative estimate of drug-likeness (QED) is 0.370. The molecule has 0 amide bonds. The topological polar surface area (TPSA) is 117 Å². The number of hydrogen-bond donors (Lipinski definition) is 0. The van der Waals surface area contributed by atoms with Gasteiger partial charge in [0.25, 0.3) is 0 Å². The Morgan fingerprint density at radius 3 is 2.21 bits per heavy atom. The summed E-state index contributed by atoms with van der Waals surface area (Å²) in [6.07, 6.45) is 3.70. The van der Waals surface area contributed by atoms with E-state index in [4.69, 9.17) is 9.47 Å². The van der Waals surface area contributed by atoms with E-state index in [1.807, 2.05) is 30.3 Å². The van der Waals surface area contributed by atoms with Gasteiger partial charge in [0.15, 0.2) is 0 Å². The first kappa shape index (κ1) is 26.5. The van der Waals surface area contributed by atoms with Crippen molar-refractivity contribution in [2.75, 3.05) is 40.5 Å². The Labute approximate surface area is 194 Å². The summed E-state index contributed by atoms with van der Waals surface area (Å²) < 4.78 is 39.0. The molecule has 0 bridgehead atoms. The maximum atomic E-state index is 11.3. The van der Waals surface area contributed by atoms with E-state index >= 15 is 0 Å². The first-order valence-corrected chi connectivity index (χ1v) is 11.8. The zero-order valence-electron chi connectivity index (χ0n) is 18.8. The van der Waals surface area contributed by atoms with Crippen LogP contribution in [0.15, 0.2) is 48.5 Å². The molecule has 0 aromatic heterocycles. The van der Waals surface area contributed by atoms with Crippen LogP contribution in [-0.2, 0) is 25.4 Å². The van der Waals surface area contributed by atoms with E-state index in [0.29, 0.717) is 19.0 Å². The number of ether oxygens (including phenoxy) is 2. The second-order valence-electron chi connectivity index (χ2n) is 7.15. The molecule has 1 fully saturated rings. The van der Waals surface area contributed by atoms with Crippen molar-refractivity contribution in [1.82, 2.24) is 4.90 Å². The van der Waals surface area contributed by atoms with Gasteiger partial charge in [-0.2, -0.15) is 8.42 Å². The minimum Gasteiger partial charge on any atom is -0.489 e. The van der Waals surface area contributed by atoms with E-state index in [1.54, 1.807) is 12.1 Å². The van der Waals surface area contributed by atoms with Crippen molar-refractivity contribution in [3.8, 4) is 11.5 Å². The molecule has 0 spiro atoms. The van der Waals surface area contributed by atoms with Crippen molar-refractivity contribution in [3.63, 3.8) is 0 Å². The maximum Gasteiger partial charge on any atom is 0.399 e. The van der Waals surface area contributed by atoms with Gasteiger partial charge in [-0.25, -0.2) is 0 Å². The summed E-state index contributed by atoms with van der Waals surface area (Å²) in [5.74, 6) is 0.824. The maximum absolute atomic E-state index is 11.3. The van der Waals surface area contributed by atoms with Crippen LogP contribution in [0.2, 0.25) is 0 Å². The molecule has 11 heteroatoms. The lowest BCUT2D eigenvalue weighted by molar-refractivity contribution is -0.385.